The Morgan fingerprint density at radius 2 is 1.53 bits per heavy atom. The van der Waals surface area contributed by atoms with E-state index in [1.807, 2.05) is 62.4 Å². The predicted octanol–water partition coefficient (Wildman–Crippen LogP) is 5.57. The van der Waals surface area contributed by atoms with Crippen LogP contribution in [0.4, 0.5) is 5.69 Å². The van der Waals surface area contributed by atoms with Crippen molar-refractivity contribution in [2.75, 3.05) is 0 Å². The summed E-state index contributed by atoms with van der Waals surface area (Å²) < 4.78 is -1.37. The molecule has 0 radical (unpaired) electrons. The zero-order valence-corrected chi connectivity index (χ0v) is 13.0. The second-order valence-corrected chi connectivity index (χ2v) is 7.10. The molecule has 1 aliphatic carbocycles. The molecule has 2 rings (SSSR count). The number of halogens is 3. The standard InChI is InChI=1S/C15H14Cl3N/c1-11-3-5-12(6-4-11)19-13-7-9-14(2,10-8-13)15(16,17)18/h3-10H,1-2H3. The van der Waals surface area contributed by atoms with Crippen LogP contribution in [0.1, 0.15) is 12.5 Å². The zero-order valence-electron chi connectivity index (χ0n) is 10.7. The van der Waals surface area contributed by atoms with E-state index in [-0.39, 0.29) is 0 Å². The molecule has 0 amide bonds. The topological polar surface area (TPSA) is 12.4 Å². The number of alkyl halides is 3. The van der Waals surface area contributed by atoms with Gasteiger partial charge in [-0.3, -0.25) is 0 Å². The molecular formula is C15H14Cl3N. The van der Waals surface area contributed by atoms with Gasteiger partial charge in [-0.2, -0.15) is 0 Å². The van der Waals surface area contributed by atoms with E-state index in [1.54, 1.807) is 0 Å². The Bertz CT molecular complexity index is 532. The first kappa shape index (κ1) is 14.6. The van der Waals surface area contributed by atoms with Gasteiger partial charge >= 0.3 is 0 Å². The van der Waals surface area contributed by atoms with Crippen LogP contribution >= 0.6 is 34.8 Å². The Balaban J connectivity index is 2.22. The first-order chi connectivity index (χ1) is 8.80. The van der Waals surface area contributed by atoms with Crippen LogP contribution in [-0.4, -0.2) is 9.50 Å². The number of allylic oxidation sites excluding steroid dienone is 4. The number of aryl methyl sites for hydroxylation is 1. The highest BCUT2D eigenvalue weighted by atomic mass is 35.6. The van der Waals surface area contributed by atoms with Crippen LogP contribution in [0.5, 0.6) is 0 Å². The van der Waals surface area contributed by atoms with E-state index in [0.717, 1.165) is 11.4 Å². The van der Waals surface area contributed by atoms with Gasteiger partial charge in [-0.15, -0.1) is 0 Å². The zero-order chi connectivity index (χ0) is 14.1. The molecule has 0 bridgehead atoms. The average molecular weight is 315 g/mol. The normalized spacial score (nSPS) is 22.7. The summed E-state index contributed by atoms with van der Waals surface area (Å²) in [4.78, 5) is 4.52. The van der Waals surface area contributed by atoms with Crippen molar-refractivity contribution < 1.29 is 0 Å². The van der Waals surface area contributed by atoms with Crippen molar-refractivity contribution in [1.29, 1.82) is 0 Å². The molecule has 0 fully saturated rings. The lowest BCUT2D eigenvalue weighted by Crippen LogP contribution is -2.29. The van der Waals surface area contributed by atoms with E-state index in [2.05, 4.69) is 4.99 Å². The maximum absolute atomic E-state index is 5.97. The molecule has 0 heterocycles. The molecule has 0 unspecified atom stereocenters. The molecule has 1 aromatic rings. The lowest BCUT2D eigenvalue weighted by molar-refractivity contribution is 0.565. The lowest BCUT2D eigenvalue weighted by Gasteiger charge is -2.31. The summed E-state index contributed by atoms with van der Waals surface area (Å²) in [6.45, 7) is 3.92. The summed E-state index contributed by atoms with van der Waals surface area (Å²) in [7, 11) is 0. The van der Waals surface area contributed by atoms with Gasteiger partial charge in [0.1, 0.15) is 0 Å². The van der Waals surface area contributed by atoms with E-state index < -0.39 is 9.21 Å². The molecule has 1 nitrogen and oxygen atoms in total. The highest BCUT2D eigenvalue weighted by molar-refractivity contribution is 6.68. The smallest absolute Gasteiger partial charge is 0.202 e. The first-order valence-electron chi connectivity index (χ1n) is 5.91. The maximum Gasteiger partial charge on any atom is 0.202 e. The van der Waals surface area contributed by atoms with E-state index in [1.165, 1.54) is 5.56 Å². The minimum Gasteiger partial charge on any atom is -0.249 e. The lowest BCUT2D eigenvalue weighted by atomic mass is 9.87. The molecule has 0 aromatic heterocycles. The first-order valence-corrected chi connectivity index (χ1v) is 7.04. The van der Waals surface area contributed by atoms with E-state index in [9.17, 15) is 0 Å². The van der Waals surface area contributed by atoms with Crippen molar-refractivity contribution in [3.8, 4) is 0 Å². The second kappa shape index (κ2) is 5.32. The van der Waals surface area contributed by atoms with Gasteiger partial charge in [0.2, 0.25) is 3.79 Å². The van der Waals surface area contributed by atoms with Gasteiger partial charge in [-0.05, 0) is 38.1 Å². The third kappa shape index (κ3) is 3.42. The number of benzene rings is 1. The Hall–Kier alpha value is -0.760. The van der Waals surface area contributed by atoms with E-state index in [0.29, 0.717) is 0 Å². The van der Waals surface area contributed by atoms with Crippen LogP contribution in [0.3, 0.4) is 0 Å². The summed E-state index contributed by atoms with van der Waals surface area (Å²) in [6.07, 6.45) is 7.49. The number of hydrogen-bond acceptors (Lipinski definition) is 1. The van der Waals surface area contributed by atoms with Gasteiger partial charge in [0.25, 0.3) is 0 Å². The van der Waals surface area contributed by atoms with Gasteiger partial charge < -0.3 is 0 Å². The van der Waals surface area contributed by atoms with Crippen LogP contribution in [0.2, 0.25) is 0 Å². The molecule has 100 valence electrons. The Morgan fingerprint density at radius 1 is 1.00 bits per heavy atom. The molecule has 0 saturated carbocycles. The van der Waals surface area contributed by atoms with Crippen LogP contribution < -0.4 is 0 Å². The van der Waals surface area contributed by atoms with Gasteiger partial charge in [0.05, 0.1) is 16.8 Å². The summed E-state index contributed by atoms with van der Waals surface area (Å²) in [5.74, 6) is 0. The predicted molar refractivity (Wildman–Crippen MR) is 85.0 cm³/mol. The van der Waals surface area contributed by atoms with Gasteiger partial charge in [0, 0.05) is 0 Å². The van der Waals surface area contributed by atoms with E-state index >= 15 is 0 Å². The molecule has 0 atom stereocenters. The Morgan fingerprint density at radius 3 is 2.00 bits per heavy atom. The highest BCUT2D eigenvalue weighted by Gasteiger charge is 2.41. The minimum atomic E-state index is -1.37. The average Bonchev–Trinajstić information content (AvgIpc) is 2.34. The minimum absolute atomic E-state index is 0.607. The van der Waals surface area contributed by atoms with Gasteiger partial charge in [-0.25, -0.2) is 4.99 Å². The van der Waals surface area contributed by atoms with Crippen molar-refractivity contribution in [3.63, 3.8) is 0 Å². The van der Waals surface area contributed by atoms with Crippen LogP contribution in [-0.2, 0) is 0 Å². The summed E-state index contributed by atoms with van der Waals surface area (Å²) >= 11 is 17.9. The Labute approximate surface area is 128 Å². The number of hydrogen-bond donors (Lipinski definition) is 0. The fraction of sp³-hybridized carbons (Fsp3) is 0.267. The Kier molecular flexibility index (Phi) is 4.10. The van der Waals surface area contributed by atoms with Crippen LogP contribution in [0, 0.1) is 12.3 Å². The van der Waals surface area contributed by atoms with Gasteiger partial charge in [-0.1, -0.05) is 64.7 Å². The fourth-order valence-corrected chi connectivity index (χ4v) is 2.04. The van der Waals surface area contributed by atoms with Crippen LogP contribution in [0.15, 0.2) is 53.6 Å². The second-order valence-electron chi connectivity index (χ2n) is 4.82. The maximum atomic E-state index is 5.97. The van der Waals surface area contributed by atoms with Crippen molar-refractivity contribution in [1.82, 2.24) is 0 Å². The largest absolute Gasteiger partial charge is 0.249 e. The van der Waals surface area contributed by atoms with Gasteiger partial charge in [0.15, 0.2) is 0 Å². The van der Waals surface area contributed by atoms with Crippen molar-refractivity contribution in [2.24, 2.45) is 10.4 Å². The summed E-state index contributed by atoms with van der Waals surface area (Å²) in [6, 6.07) is 8.02. The third-order valence-electron chi connectivity index (χ3n) is 3.10. The van der Waals surface area contributed by atoms with Crippen molar-refractivity contribution in [2.45, 2.75) is 17.6 Å². The fourth-order valence-electron chi connectivity index (χ4n) is 1.66. The molecule has 0 aliphatic heterocycles. The SMILES string of the molecule is Cc1ccc(N=C2C=CC(C)(C(Cl)(Cl)Cl)C=C2)cc1. The molecular weight excluding hydrogens is 301 g/mol. The molecule has 1 aliphatic rings. The van der Waals surface area contributed by atoms with Crippen LogP contribution in [0.25, 0.3) is 0 Å². The molecule has 4 heteroatoms. The number of rotatable bonds is 1. The monoisotopic (exact) mass is 313 g/mol. The highest BCUT2D eigenvalue weighted by Crippen LogP contribution is 2.47. The summed E-state index contributed by atoms with van der Waals surface area (Å²) in [5.41, 5.74) is 2.36. The van der Waals surface area contributed by atoms with Crippen molar-refractivity contribution >= 4 is 46.2 Å². The number of nitrogens with zero attached hydrogens (tertiary/aromatic N) is 1. The molecule has 0 N–H and O–H groups in total. The summed E-state index contributed by atoms with van der Waals surface area (Å²) in [5, 5.41) is 0. The molecule has 1 aromatic carbocycles. The number of aliphatic imine (C=N–C) groups is 1. The quantitative estimate of drug-likeness (QED) is 0.601. The van der Waals surface area contributed by atoms with E-state index in [4.69, 9.17) is 34.8 Å². The molecule has 0 spiro atoms. The molecule has 0 saturated heterocycles. The third-order valence-corrected chi connectivity index (χ3v) is 4.33. The van der Waals surface area contributed by atoms with Crippen molar-refractivity contribution in [3.05, 3.63) is 54.1 Å². The molecule has 19 heavy (non-hydrogen) atoms.